The molecule has 0 fully saturated rings. The highest BCUT2D eigenvalue weighted by Gasteiger charge is 2.13. The van der Waals surface area contributed by atoms with Crippen molar-refractivity contribution in [3.63, 3.8) is 0 Å². The Morgan fingerprint density at radius 2 is 1.65 bits per heavy atom. The van der Waals surface area contributed by atoms with Crippen LogP contribution in [0.15, 0.2) is 36.4 Å². The Morgan fingerprint density at radius 3 is 2.38 bits per heavy atom. The first kappa shape index (κ1) is 17.8. The van der Waals surface area contributed by atoms with Gasteiger partial charge in [-0.15, -0.1) is 0 Å². The van der Waals surface area contributed by atoms with Gasteiger partial charge < -0.3 is 20.1 Å². The lowest BCUT2D eigenvalue weighted by Crippen LogP contribution is -2.32. The normalized spacial score (nSPS) is 12.8. The van der Waals surface area contributed by atoms with Crippen LogP contribution in [-0.2, 0) is 4.79 Å². The van der Waals surface area contributed by atoms with Crippen molar-refractivity contribution in [3.05, 3.63) is 53.1 Å². The zero-order valence-corrected chi connectivity index (χ0v) is 14.9. The number of hydrogen-bond donors (Lipinski definition) is 2. The summed E-state index contributed by atoms with van der Waals surface area (Å²) in [5, 5.41) is 5.39. The second-order valence-electron chi connectivity index (χ2n) is 6.32. The highest BCUT2D eigenvalue weighted by atomic mass is 16.5. The van der Waals surface area contributed by atoms with Crippen LogP contribution in [0.5, 0.6) is 11.5 Å². The number of nitrogens with one attached hydrogen (secondary N) is 2. The number of carbonyl (C=O) groups is 2. The fourth-order valence-corrected chi connectivity index (χ4v) is 2.81. The summed E-state index contributed by atoms with van der Waals surface area (Å²) in [4.78, 5) is 24.3. The molecule has 136 valence electrons. The summed E-state index contributed by atoms with van der Waals surface area (Å²) in [5.41, 5.74) is 3.16. The second-order valence-corrected chi connectivity index (χ2v) is 6.32. The van der Waals surface area contributed by atoms with Gasteiger partial charge in [-0.3, -0.25) is 9.59 Å². The predicted molar refractivity (Wildman–Crippen MR) is 98.9 cm³/mol. The van der Waals surface area contributed by atoms with Gasteiger partial charge in [0, 0.05) is 23.7 Å². The van der Waals surface area contributed by atoms with Crippen LogP contribution in [0.1, 0.15) is 27.9 Å². The molecule has 1 heterocycles. The molecule has 2 aromatic carbocycles. The lowest BCUT2D eigenvalue weighted by atomic mass is 10.1. The molecule has 0 unspecified atom stereocenters. The molecule has 0 aromatic heterocycles. The number of benzene rings is 2. The number of fused-ring (bicyclic) bond motifs is 1. The van der Waals surface area contributed by atoms with Crippen LogP contribution in [-0.4, -0.2) is 31.6 Å². The van der Waals surface area contributed by atoms with Crippen molar-refractivity contribution < 1.29 is 19.1 Å². The van der Waals surface area contributed by atoms with E-state index in [9.17, 15) is 9.59 Å². The van der Waals surface area contributed by atoms with E-state index in [1.54, 1.807) is 30.3 Å². The van der Waals surface area contributed by atoms with E-state index < -0.39 is 0 Å². The molecule has 1 aliphatic heterocycles. The molecule has 2 aromatic rings. The smallest absolute Gasteiger partial charge is 0.251 e. The van der Waals surface area contributed by atoms with E-state index in [-0.39, 0.29) is 18.4 Å². The van der Waals surface area contributed by atoms with Crippen molar-refractivity contribution in [2.75, 3.05) is 25.1 Å². The number of anilines is 1. The first-order chi connectivity index (χ1) is 12.5. The van der Waals surface area contributed by atoms with Gasteiger partial charge in [-0.05, 0) is 38.1 Å². The standard InChI is InChI=1S/C20H22N2O4/c1-13-8-14(2)10-15(9-13)20(24)21-12-19(23)22-16-4-5-17-18(11-16)26-7-3-6-25-17/h4-5,8-11H,3,6-7,12H2,1-2H3,(H,21,24)(H,22,23). The molecule has 1 aliphatic rings. The van der Waals surface area contributed by atoms with Crippen LogP contribution in [0, 0.1) is 13.8 Å². The Bertz CT molecular complexity index is 812. The Morgan fingerprint density at radius 1 is 0.962 bits per heavy atom. The lowest BCUT2D eigenvalue weighted by molar-refractivity contribution is -0.115. The van der Waals surface area contributed by atoms with Gasteiger partial charge in [0.05, 0.1) is 19.8 Å². The summed E-state index contributed by atoms with van der Waals surface area (Å²) in [5.74, 6) is 0.700. The van der Waals surface area contributed by atoms with Crippen molar-refractivity contribution in [3.8, 4) is 11.5 Å². The first-order valence-electron chi connectivity index (χ1n) is 8.57. The van der Waals surface area contributed by atoms with E-state index in [1.807, 2.05) is 19.9 Å². The van der Waals surface area contributed by atoms with Gasteiger partial charge in [-0.2, -0.15) is 0 Å². The molecular weight excluding hydrogens is 332 g/mol. The third kappa shape index (κ3) is 4.53. The molecule has 0 spiro atoms. The molecule has 3 rings (SSSR count). The van der Waals surface area contributed by atoms with Crippen LogP contribution >= 0.6 is 0 Å². The van der Waals surface area contributed by atoms with Crippen LogP contribution in [0.2, 0.25) is 0 Å². The fourth-order valence-electron chi connectivity index (χ4n) is 2.81. The summed E-state index contributed by atoms with van der Waals surface area (Å²) in [6.07, 6.45) is 0.820. The van der Waals surface area contributed by atoms with Crippen LogP contribution < -0.4 is 20.1 Å². The molecule has 0 atom stereocenters. The number of aryl methyl sites for hydroxylation is 2. The third-order valence-electron chi connectivity index (χ3n) is 3.92. The average molecular weight is 354 g/mol. The van der Waals surface area contributed by atoms with Gasteiger partial charge in [0.2, 0.25) is 5.91 Å². The topological polar surface area (TPSA) is 76.7 Å². The largest absolute Gasteiger partial charge is 0.490 e. The van der Waals surface area contributed by atoms with Crippen molar-refractivity contribution >= 4 is 17.5 Å². The van der Waals surface area contributed by atoms with Gasteiger partial charge in [-0.1, -0.05) is 17.2 Å². The van der Waals surface area contributed by atoms with E-state index in [0.29, 0.717) is 36.0 Å². The van der Waals surface area contributed by atoms with Crippen molar-refractivity contribution in [1.29, 1.82) is 0 Å². The molecule has 2 N–H and O–H groups in total. The molecule has 2 amide bonds. The monoisotopic (exact) mass is 354 g/mol. The molecule has 6 nitrogen and oxygen atoms in total. The van der Waals surface area contributed by atoms with Crippen molar-refractivity contribution in [2.24, 2.45) is 0 Å². The molecule has 0 bridgehead atoms. The maximum Gasteiger partial charge on any atom is 0.251 e. The minimum absolute atomic E-state index is 0.111. The van der Waals surface area contributed by atoms with Gasteiger partial charge in [0.15, 0.2) is 11.5 Å². The van der Waals surface area contributed by atoms with Crippen LogP contribution in [0.4, 0.5) is 5.69 Å². The summed E-state index contributed by atoms with van der Waals surface area (Å²) >= 11 is 0. The van der Waals surface area contributed by atoms with Crippen LogP contribution in [0.25, 0.3) is 0 Å². The first-order valence-corrected chi connectivity index (χ1v) is 8.57. The number of carbonyl (C=O) groups excluding carboxylic acids is 2. The molecule has 0 aliphatic carbocycles. The predicted octanol–water partition coefficient (Wildman–Crippen LogP) is 2.83. The van der Waals surface area contributed by atoms with E-state index in [0.717, 1.165) is 17.5 Å². The Kier molecular flexibility index (Phi) is 5.41. The van der Waals surface area contributed by atoms with Crippen molar-refractivity contribution in [2.45, 2.75) is 20.3 Å². The zero-order chi connectivity index (χ0) is 18.5. The maximum atomic E-state index is 12.2. The molecule has 26 heavy (non-hydrogen) atoms. The molecule has 0 radical (unpaired) electrons. The van der Waals surface area contributed by atoms with Gasteiger partial charge in [0.25, 0.3) is 5.91 Å². The highest BCUT2D eigenvalue weighted by Crippen LogP contribution is 2.32. The lowest BCUT2D eigenvalue weighted by Gasteiger charge is -2.11. The number of rotatable bonds is 4. The average Bonchev–Trinajstić information content (AvgIpc) is 2.83. The fraction of sp³-hybridized carbons (Fsp3) is 0.300. The van der Waals surface area contributed by atoms with Gasteiger partial charge in [-0.25, -0.2) is 0 Å². The minimum Gasteiger partial charge on any atom is -0.490 e. The van der Waals surface area contributed by atoms with E-state index >= 15 is 0 Å². The van der Waals surface area contributed by atoms with Crippen LogP contribution in [0.3, 0.4) is 0 Å². The number of hydrogen-bond acceptors (Lipinski definition) is 4. The van der Waals surface area contributed by atoms with Gasteiger partial charge in [0.1, 0.15) is 0 Å². The van der Waals surface area contributed by atoms with E-state index in [4.69, 9.17) is 9.47 Å². The molecule has 0 saturated heterocycles. The van der Waals surface area contributed by atoms with Gasteiger partial charge >= 0.3 is 0 Å². The SMILES string of the molecule is Cc1cc(C)cc(C(=O)NCC(=O)Nc2ccc3c(c2)OCCCO3)c1. The Balaban J connectivity index is 1.57. The minimum atomic E-state index is -0.308. The second kappa shape index (κ2) is 7.91. The van der Waals surface area contributed by atoms with E-state index in [1.165, 1.54) is 0 Å². The number of ether oxygens (including phenoxy) is 2. The summed E-state index contributed by atoms with van der Waals surface area (Å²) in [6.45, 7) is 4.95. The molecule has 6 heteroatoms. The zero-order valence-electron chi connectivity index (χ0n) is 14.9. The highest BCUT2D eigenvalue weighted by molar-refractivity contribution is 5.99. The van der Waals surface area contributed by atoms with Crippen molar-refractivity contribution in [1.82, 2.24) is 5.32 Å². The third-order valence-corrected chi connectivity index (χ3v) is 3.92. The summed E-state index contributed by atoms with van der Waals surface area (Å²) < 4.78 is 11.2. The molecular formula is C20H22N2O4. The number of amides is 2. The van der Waals surface area contributed by atoms with E-state index in [2.05, 4.69) is 10.6 Å². The Labute approximate surface area is 152 Å². The maximum absolute atomic E-state index is 12.2. The summed E-state index contributed by atoms with van der Waals surface area (Å²) in [7, 11) is 0. The summed E-state index contributed by atoms with van der Waals surface area (Å²) in [6, 6.07) is 10.8. The Hall–Kier alpha value is -3.02. The quantitative estimate of drug-likeness (QED) is 0.885. The molecule has 0 saturated carbocycles.